The van der Waals surface area contributed by atoms with E-state index in [-0.39, 0.29) is 30.4 Å². The first-order valence-corrected chi connectivity index (χ1v) is 12.5. The minimum absolute atomic E-state index is 0.00453. The van der Waals surface area contributed by atoms with Crippen molar-refractivity contribution >= 4 is 50.8 Å². The number of carbonyl (C=O) groups is 2. The van der Waals surface area contributed by atoms with Crippen molar-refractivity contribution in [3.8, 4) is 5.75 Å². The van der Waals surface area contributed by atoms with Crippen molar-refractivity contribution < 1.29 is 14.3 Å². The maximum Gasteiger partial charge on any atom is 0.287 e. The third-order valence-corrected chi connectivity index (χ3v) is 7.42. The van der Waals surface area contributed by atoms with Crippen molar-refractivity contribution in [1.29, 1.82) is 0 Å². The number of aryl methyl sites for hydroxylation is 1. The summed E-state index contributed by atoms with van der Waals surface area (Å²) in [6, 6.07) is 5.31. The van der Waals surface area contributed by atoms with Crippen LogP contribution in [0.3, 0.4) is 0 Å². The summed E-state index contributed by atoms with van der Waals surface area (Å²) in [5.41, 5.74) is 2.18. The van der Waals surface area contributed by atoms with E-state index in [1.54, 1.807) is 12.1 Å². The minimum Gasteiger partial charge on any atom is -0.482 e. The summed E-state index contributed by atoms with van der Waals surface area (Å²) >= 11 is 3.36. The van der Waals surface area contributed by atoms with Crippen LogP contribution in [0.4, 0.5) is 5.69 Å². The van der Waals surface area contributed by atoms with Crippen LogP contribution >= 0.6 is 23.1 Å². The van der Waals surface area contributed by atoms with Gasteiger partial charge >= 0.3 is 0 Å². The number of hydrogen-bond donors (Lipinski definition) is 3. The molecule has 32 heavy (non-hydrogen) atoms. The van der Waals surface area contributed by atoms with Crippen molar-refractivity contribution in [2.75, 3.05) is 17.7 Å². The van der Waals surface area contributed by atoms with E-state index in [0.29, 0.717) is 21.7 Å². The number of aromatic nitrogens is 2. The fraction of sp³-hybridized carbons (Fsp3) is 0.364. The van der Waals surface area contributed by atoms with E-state index in [2.05, 4.69) is 20.6 Å². The number of anilines is 1. The maximum absolute atomic E-state index is 12.7. The van der Waals surface area contributed by atoms with E-state index in [0.717, 1.165) is 35.5 Å². The number of hydrogen-bond acceptors (Lipinski definition) is 7. The van der Waals surface area contributed by atoms with Gasteiger partial charge in [0.1, 0.15) is 10.6 Å². The van der Waals surface area contributed by atoms with Crippen LogP contribution in [0.25, 0.3) is 10.2 Å². The van der Waals surface area contributed by atoms with Gasteiger partial charge < -0.3 is 20.4 Å². The fourth-order valence-electron chi connectivity index (χ4n) is 3.62. The van der Waals surface area contributed by atoms with Crippen molar-refractivity contribution in [2.45, 2.75) is 39.0 Å². The number of thioether (sulfide) groups is 1. The predicted octanol–water partition coefficient (Wildman–Crippen LogP) is 3.45. The molecule has 0 fully saturated rings. The molecule has 0 aliphatic carbocycles. The zero-order valence-electron chi connectivity index (χ0n) is 17.9. The molecule has 0 unspecified atom stereocenters. The van der Waals surface area contributed by atoms with Crippen molar-refractivity contribution in [3.63, 3.8) is 0 Å². The van der Waals surface area contributed by atoms with Gasteiger partial charge in [0.25, 0.3) is 17.4 Å². The second kappa shape index (κ2) is 9.74. The molecule has 0 radical (unpaired) electrons. The van der Waals surface area contributed by atoms with Gasteiger partial charge in [-0.3, -0.25) is 14.4 Å². The molecule has 168 valence electrons. The van der Waals surface area contributed by atoms with Gasteiger partial charge in [-0.25, -0.2) is 4.98 Å². The van der Waals surface area contributed by atoms with Gasteiger partial charge in [-0.2, -0.15) is 11.8 Å². The summed E-state index contributed by atoms with van der Waals surface area (Å²) in [6.07, 6.45) is 1.91. The van der Waals surface area contributed by atoms with Crippen LogP contribution in [0.1, 0.15) is 46.9 Å². The summed E-state index contributed by atoms with van der Waals surface area (Å²) in [7, 11) is 0. The molecule has 0 saturated heterocycles. The third kappa shape index (κ3) is 4.51. The molecule has 0 bridgehead atoms. The Balaban J connectivity index is 0.00000119. The van der Waals surface area contributed by atoms with E-state index >= 15 is 0 Å². The van der Waals surface area contributed by atoms with Crippen LogP contribution in [-0.2, 0) is 23.5 Å². The van der Waals surface area contributed by atoms with Gasteiger partial charge in [-0.1, -0.05) is 19.9 Å². The Morgan fingerprint density at radius 2 is 2.12 bits per heavy atom. The van der Waals surface area contributed by atoms with Crippen molar-refractivity contribution in [1.82, 2.24) is 15.3 Å². The molecule has 8 nitrogen and oxygen atoms in total. The summed E-state index contributed by atoms with van der Waals surface area (Å²) in [4.78, 5) is 45.6. The largest absolute Gasteiger partial charge is 0.482 e. The zero-order valence-corrected chi connectivity index (χ0v) is 19.5. The molecule has 5 rings (SSSR count). The summed E-state index contributed by atoms with van der Waals surface area (Å²) in [5.74, 6) is 1.91. The van der Waals surface area contributed by atoms with Gasteiger partial charge in [0, 0.05) is 17.2 Å². The number of carbonyl (C=O) groups excluding carboxylic acids is 2. The highest BCUT2D eigenvalue weighted by Gasteiger charge is 2.21. The molecule has 2 aliphatic heterocycles. The van der Waals surface area contributed by atoms with E-state index < -0.39 is 5.91 Å². The normalized spacial score (nSPS) is 14.8. The summed E-state index contributed by atoms with van der Waals surface area (Å²) in [5, 5.41) is 6.14. The number of thiophene rings is 1. The Kier molecular flexibility index (Phi) is 6.80. The SMILES string of the molecule is CC.O=C1COc2ccc(CNC(=O)c3nc4sc5c(c4c(=O)[nH]3)CCCSC5)cc2N1. The number of ether oxygens (including phenoxy) is 1. The van der Waals surface area contributed by atoms with Crippen LogP contribution in [0.5, 0.6) is 5.75 Å². The van der Waals surface area contributed by atoms with Crippen LogP contribution in [0.2, 0.25) is 0 Å². The molecule has 2 amide bonds. The van der Waals surface area contributed by atoms with Crippen LogP contribution in [0.15, 0.2) is 23.0 Å². The molecule has 1 aromatic carbocycles. The number of H-pyrrole nitrogens is 1. The number of nitrogens with zero attached hydrogens (tertiary/aromatic N) is 1. The monoisotopic (exact) mass is 472 g/mol. The van der Waals surface area contributed by atoms with Gasteiger partial charge in [0.15, 0.2) is 6.61 Å². The average Bonchev–Trinajstić information content (AvgIpc) is 3.00. The molecular formula is C22H24N4O4S2. The molecule has 10 heteroatoms. The lowest BCUT2D eigenvalue weighted by Gasteiger charge is -2.18. The van der Waals surface area contributed by atoms with E-state index in [9.17, 15) is 14.4 Å². The lowest BCUT2D eigenvalue weighted by molar-refractivity contribution is -0.118. The second-order valence-corrected chi connectivity index (χ2v) is 9.29. The predicted molar refractivity (Wildman–Crippen MR) is 128 cm³/mol. The molecule has 3 N–H and O–H groups in total. The zero-order chi connectivity index (χ0) is 22.7. The quantitative estimate of drug-likeness (QED) is 0.538. The van der Waals surface area contributed by atoms with Crippen molar-refractivity contribution in [2.24, 2.45) is 0 Å². The minimum atomic E-state index is -0.454. The highest BCUT2D eigenvalue weighted by molar-refractivity contribution is 7.98. The Labute approximate surface area is 193 Å². The summed E-state index contributed by atoms with van der Waals surface area (Å²) < 4.78 is 5.33. The first-order valence-electron chi connectivity index (χ1n) is 10.5. The second-order valence-electron chi connectivity index (χ2n) is 7.10. The standard InChI is InChI=1S/C20H18N4O4S2.C2H6/c25-15-8-28-13-4-3-10(6-12(13)22-15)7-21-19(27)17-23-18(26)16-11-2-1-5-29-9-14(11)30-20(16)24-17;1-2/h3-4,6H,1-2,5,7-9H2,(H,21,27)(H,22,25)(H,23,24,26);1-2H3. The topological polar surface area (TPSA) is 113 Å². The molecule has 0 atom stereocenters. The highest BCUT2D eigenvalue weighted by Crippen LogP contribution is 2.34. The Hall–Kier alpha value is -2.85. The molecule has 0 saturated carbocycles. The van der Waals surface area contributed by atoms with E-state index in [4.69, 9.17) is 4.74 Å². The maximum atomic E-state index is 12.7. The van der Waals surface area contributed by atoms with E-state index in [1.807, 2.05) is 31.7 Å². The molecular weight excluding hydrogens is 448 g/mol. The van der Waals surface area contributed by atoms with E-state index in [1.165, 1.54) is 16.2 Å². The number of fused-ring (bicyclic) bond motifs is 4. The van der Waals surface area contributed by atoms with Gasteiger partial charge in [-0.15, -0.1) is 11.3 Å². The average molecular weight is 473 g/mol. The number of aromatic amines is 1. The lowest BCUT2D eigenvalue weighted by atomic mass is 10.1. The molecule has 0 spiro atoms. The Bertz CT molecular complexity index is 1230. The van der Waals surface area contributed by atoms with Gasteiger partial charge in [0.05, 0.1) is 11.1 Å². The van der Waals surface area contributed by atoms with Gasteiger partial charge in [-0.05, 0) is 41.9 Å². The molecule has 2 aliphatic rings. The Morgan fingerprint density at radius 1 is 1.28 bits per heavy atom. The van der Waals surface area contributed by atoms with Gasteiger partial charge in [0.2, 0.25) is 5.82 Å². The third-order valence-electron chi connectivity index (χ3n) is 5.04. The molecule has 3 aromatic rings. The summed E-state index contributed by atoms with van der Waals surface area (Å²) in [6.45, 7) is 4.22. The van der Waals surface area contributed by atoms with Crippen LogP contribution in [-0.4, -0.2) is 34.1 Å². The molecule has 4 heterocycles. The smallest absolute Gasteiger partial charge is 0.287 e. The first-order chi connectivity index (χ1) is 15.6. The number of amides is 2. The van der Waals surface area contributed by atoms with Crippen LogP contribution < -0.4 is 20.9 Å². The van der Waals surface area contributed by atoms with Crippen molar-refractivity contribution in [3.05, 3.63) is 50.4 Å². The molecule has 2 aromatic heterocycles. The fourth-order valence-corrected chi connectivity index (χ4v) is 5.97. The highest BCUT2D eigenvalue weighted by atomic mass is 32.2. The number of benzene rings is 1. The Morgan fingerprint density at radius 3 is 2.97 bits per heavy atom. The lowest BCUT2D eigenvalue weighted by Crippen LogP contribution is -2.28. The van der Waals surface area contributed by atoms with Crippen LogP contribution in [0, 0.1) is 0 Å². The number of rotatable bonds is 3. The number of nitrogens with one attached hydrogen (secondary N) is 3. The first kappa shape index (κ1) is 22.3.